The number of ether oxygens (including phenoxy) is 1. The van der Waals surface area contributed by atoms with E-state index >= 15 is 0 Å². The van der Waals surface area contributed by atoms with Crippen LogP contribution < -0.4 is 16.2 Å². The summed E-state index contributed by atoms with van der Waals surface area (Å²) in [5.74, 6) is 0.564. The van der Waals surface area contributed by atoms with Gasteiger partial charge in [-0.2, -0.15) is 0 Å². The molecule has 0 aliphatic carbocycles. The average molecular weight is 396 g/mol. The molecule has 3 N–H and O–H groups in total. The van der Waals surface area contributed by atoms with E-state index < -0.39 is 0 Å². The highest BCUT2D eigenvalue weighted by molar-refractivity contribution is 5.93. The van der Waals surface area contributed by atoms with Gasteiger partial charge in [0.1, 0.15) is 0 Å². The summed E-state index contributed by atoms with van der Waals surface area (Å²) in [4.78, 5) is 21.8. The lowest BCUT2D eigenvalue weighted by atomic mass is 10.1. The summed E-state index contributed by atoms with van der Waals surface area (Å²) in [6.07, 6.45) is 0. The summed E-state index contributed by atoms with van der Waals surface area (Å²) >= 11 is 0. The first kappa shape index (κ1) is 19.7. The van der Waals surface area contributed by atoms with E-state index in [-0.39, 0.29) is 11.1 Å². The number of aromatic nitrogens is 3. The van der Waals surface area contributed by atoms with Crippen molar-refractivity contribution in [1.29, 1.82) is 0 Å². The minimum Gasteiger partial charge on any atom is -0.383 e. The third-order valence-corrected chi connectivity index (χ3v) is 5.25. The largest absolute Gasteiger partial charge is 0.383 e. The number of para-hydroxylation sites is 1. The number of hydrogen-bond donors (Lipinski definition) is 3. The molecule has 1 aromatic carbocycles. The Morgan fingerprint density at radius 1 is 1.34 bits per heavy atom. The molecule has 0 bridgehead atoms. The number of anilines is 1. The molecule has 1 atom stereocenters. The van der Waals surface area contributed by atoms with Crippen LogP contribution in [0.4, 0.5) is 5.95 Å². The number of H-pyrrole nitrogens is 1. The van der Waals surface area contributed by atoms with Gasteiger partial charge in [-0.05, 0) is 45.4 Å². The summed E-state index contributed by atoms with van der Waals surface area (Å²) in [5.41, 5.74) is 4.83. The van der Waals surface area contributed by atoms with Crippen molar-refractivity contribution in [2.75, 3.05) is 19.0 Å². The zero-order valence-electron chi connectivity index (χ0n) is 17.7. The van der Waals surface area contributed by atoms with Crippen molar-refractivity contribution in [2.45, 2.75) is 52.4 Å². The first-order valence-electron chi connectivity index (χ1n) is 10.0. The van der Waals surface area contributed by atoms with E-state index in [1.165, 1.54) is 11.3 Å². The van der Waals surface area contributed by atoms with Gasteiger partial charge < -0.3 is 20.4 Å². The van der Waals surface area contributed by atoms with Crippen molar-refractivity contribution in [3.63, 3.8) is 0 Å². The molecule has 29 heavy (non-hydrogen) atoms. The zero-order valence-corrected chi connectivity index (χ0v) is 17.7. The highest BCUT2D eigenvalue weighted by Crippen LogP contribution is 2.32. The topological polar surface area (TPSA) is 84.0 Å². The summed E-state index contributed by atoms with van der Waals surface area (Å²) in [5, 5.41) is 7.43. The molecule has 154 valence electrons. The summed E-state index contributed by atoms with van der Waals surface area (Å²) < 4.78 is 6.88. The predicted molar refractivity (Wildman–Crippen MR) is 116 cm³/mol. The lowest BCUT2D eigenvalue weighted by molar-refractivity contribution is 0.186. The van der Waals surface area contributed by atoms with Gasteiger partial charge in [0, 0.05) is 42.2 Å². The van der Waals surface area contributed by atoms with E-state index in [0.29, 0.717) is 36.0 Å². The van der Waals surface area contributed by atoms with E-state index in [9.17, 15) is 4.79 Å². The van der Waals surface area contributed by atoms with Gasteiger partial charge in [-0.15, -0.1) is 0 Å². The van der Waals surface area contributed by atoms with Gasteiger partial charge in [-0.1, -0.05) is 12.1 Å². The number of fused-ring (bicyclic) bond motifs is 2. The maximum atomic E-state index is 13.3. The molecule has 0 saturated heterocycles. The van der Waals surface area contributed by atoms with Crippen LogP contribution in [0.1, 0.15) is 45.0 Å². The van der Waals surface area contributed by atoms with E-state index in [2.05, 4.69) is 49.4 Å². The highest BCUT2D eigenvalue weighted by atomic mass is 16.5. The lowest BCUT2D eigenvalue weighted by Gasteiger charge is -2.24. The first-order valence-corrected chi connectivity index (χ1v) is 10.0. The van der Waals surface area contributed by atoms with Crippen molar-refractivity contribution in [1.82, 2.24) is 19.9 Å². The Morgan fingerprint density at radius 2 is 2.14 bits per heavy atom. The number of methoxy groups -OCH3 is 1. The zero-order chi connectivity index (χ0) is 20.8. The van der Waals surface area contributed by atoms with Crippen molar-refractivity contribution in [2.24, 2.45) is 0 Å². The van der Waals surface area contributed by atoms with Gasteiger partial charge >= 0.3 is 0 Å². The number of aromatic amines is 1. The molecule has 7 nitrogen and oxygen atoms in total. The molecule has 7 heteroatoms. The first-order chi connectivity index (χ1) is 13.8. The SMILES string of the molecule is COCCn1c(NC(C)(C)C)nc2c(-c3cc4c([nH]3)[C@@H](C)NC4)cccc2c1=O. The van der Waals surface area contributed by atoms with Crippen molar-refractivity contribution >= 4 is 16.9 Å². The van der Waals surface area contributed by atoms with E-state index in [1.807, 2.05) is 18.2 Å². The van der Waals surface area contributed by atoms with Crippen LogP contribution in [0.2, 0.25) is 0 Å². The summed E-state index contributed by atoms with van der Waals surface area (Å²) in [7, 11) is 1.63. The molecule has 0 unspecified atom stereocenters. The van der Waals surface area contributed by atoms with Gasteiger partial charge in [0.25, 0.3) is 5.56 Å². The Kier molecular flexibility index (Phi) is 4.96. The van der Waals surface area contributed by atoms with Gasteiger partial charge in [-0.25, -0.2) is 4.98 Å². The minimum absolute atomic E-state index is 0.0604. The maximum Gasteiger partial charge on any atom is 0.262 e. The number of nitrogens with zero attached hydrogens (tertiary/aromatic N) is 2. The average Bonchev–Trinajstić information content (AvgIpc) is 3.22. The normalized spacial score (nSPS) is 16.4. The minimum atomic E-state index is -0.231. The molecule has 0 fully saturated rings. The van der Waals surface area contributed by atoms with Gasteiger partial charge in [0.15, 0.2) is 0 Å². The van der Waals surface area contributed by atoms with Crippen molar-refractivity contribution in [3.8, 4) is 11.3 Å². The third-order valence-electron chi connectivity index (χ3n) is 5.25. The molecule has 2 aromatic heterocycles. The second-order valence-electron chi connectivity index (χ2n) is 8.69. The van der Waals surface area contributed by atoms with Crippen LogP contribution in [0.3, 0.4) is 0 Å². The number of nitrogens with one attached hydrogen (secondary N) is 3. The van der Waals surface area contributed by atoms with Crippen LogP contribution in [0.15, 0.2) is 29.1 Å². The molecule has 4 rings (SSSR count). The van der Waals surface area contributed by atoms with Crippen LogP contribution >= 0.6 is 0 Å². The molecule has 3 heterocycles. The standard InChI is InChI=1S/C22H29N5O2/c1-13-18-14(12-23-13)11-17(24-18)15-7-6-8-16-19(15)25-21(26-22(2,3)4)27(20(16)28)9-10-29-5/h6-8,11,13,23-24H,9-10,12H2,1-5H3,(H,25,26)/t13-/m1/s1. The number of rotatable bonds is 5. The van der Waals surface area contributed by atoms with Crippen LogP contribution in [-0.2, 0) is 17.8 Å². The maximum absolute atomic E-state index is 13.3. The molecule has 3 aromatic rings. The summed E-state index contributed by atoms with van der Waals surface area (Å²) in [6.45, 7) is 10.1. The molecular weight excluding hydrogens is 366 g/mol. The van der Waals surface area contributed by atoms with E-state index in [0.717, 1.165) is 17.8 Å². The quantitative estimate of drug-likeness (QED) is 0.617. The van der Waals surface area contributed by atoms with E-state index in [1.54, 1.807) is 11.7 Å². The number of hydrogen-bond acceptors (Lipinski definition) is 5. The predicted octanol–water partition coefficient (Wildman–Crippen LogP) is 3.41. The lowest BCUT2D eigenvalue weighted by Crippen LogP contribution is -2.34. The molecule has 0 amide bonds. The molecule has 1 aliphatic heterocycles. The second kappa shape index (κ2) is 7.31. The van der Waals surface area contributed by atoms with Crippen LogP contribution in [-0.4, -0.2) is 33.8 Å². The monoisotopic (exact) mass is 395 g/mol. The molecule has 1 aliphatic rings. The smallest absolute Gasteiger partial charge is 0.262 e. The highest BCUT2D eigenvalue weighted by Gasteiger charge is 2.23. The second-order valence-corrected chi connectivity index (χ2v) is 8.69. The Bertz CT molecular complexity index is 1110. The molecular formula is C22H29N5O2. The fourth-order valence-corrected chi connectivity index (χ4v) is 3.84. The van der Waals surface area contributed by atoms with Crippen molar-refractivity contribution < 1.29 is 4.74 Å². The van der Waals surface area contributed by atoms with Crippen molar-refractivity contribution in [3.05, 3.63) is 45.9 Å². The fourth-order valence-electron chi connectivity index (χ4n) is 3.84. The third kappa shape index (κ3) is 3.68. The van der Waals surface area contributed by atoms with E-state index in [4.69, 9.17) is 9.72 Å². The fraction of sp³-hybridized carbons (Fsp3) is 0.455. The molecule has 0 spiro atoms. The van der Waals surface area contributed by atoms with Crippen LogP contribution in [0.5, 0.6) is 0 Å². The Balaban J connectivity index is 1.91. The van der Waals surface area contributed by atoms with Crippen LogP contribution in [0.25, 0.3) is 22.2 Å². The van der Waals surface area contributed by atoms with Gasteiger partial charge in [0.2, 0.25) is 5.95 Å². The van der Waals surface area contributed by atoms with Gasteiger partial charge in [-0.3, -0.25) is 9.36 Å². The molecule has 0 radical (unpaired) electrons. The Hall–Kier alpha value is -2.64. The van der Waals surface area contributed by atoms with Gasteiger partial charge in [0.05, 0.1) is 24.1 Å². The summed E-state index contributed by atoms with van der Waals surface area (Å²) in [6, 6.07) is 8.25. The Morgan fingerprint density at radius 3 is 2.83 bits per heavy atom. The van der Waals surface area contributed by atoms with Crippen LogP contribution in [0, 0.1) is 0 Å². The number of benzene rings is 1. The Labute approximate surface area is 170 Å². The molecule has 0 saturated carbocycles.